The molecule has 0 aliphatic heterocycles. The molecule has 0 heterocycles. The Morgan fingerprint density at radius 3 is 2.39 bits per heavy atom. The van der Waals surface area contributed by atoms with Gasteiger partial charge in [0.05, 0.1) is 11.0 Å². The Kier molecular flexibility index (Phi) is 6.36. The van der Waals surface area contributed by atoms with Crippen LogP contribution in [0.3, 0.4) is 0 Å². The van der Waals surface area contributed by atoms with E-state index in [9.17, 15) is 8.42 Å². The van der Waals surface area contributed by atoms with Gasteiger partial charge in [0.2, 0.25) is 0 Å². The van der Waals surface area contributed by atoms with E-state index in [1.165, 1.54) is 5.56 Å². The van der Waals surface area contributed by atoms with Crippen LogP contribution in [0.15, 0.2) is 30.3 Å². The molecule has 0 atom stereocenters. The molecule has 0 aliphatic carbocycles. The molecule has 0 spiro atoms. The molecule has 0 amide bonds. The van der Waals surface area contributed by atoms with Crippen LogP contribution in [0.25, 0.3) is 0 Å². The fourth-order valence-electron chi connectivity index (χ4n) is 1.64. The summed E-state index contributed by atoms with van der Waals surface area (Å²) in [5, 5.41) is 2.91. The van der Waals surface area contributed by atoms with Gasteiger partial charge in [0.15, 0.2) is 9.84 Å². The maximum Gasteiger partial charge on any atom is 0.153 e. The van der Waals surface area contributed by atoms with Crippen molar-refractivity contribution < 1.29 is 8.42 Å². The van der Waals surface area contributed by atoms with Gasteiger partial charge in [-0.15, -0.1) is 0 Å². The van der Waals surface area contributed by atoms with Gasteiger partial charge in [-0.3, -0.25) is 0 Å². The van der Waals surface area contributed by atoms with Gasteiger partial charge in [0.25, 0.3) is 0 Å². The molecule has 0 aliphatic rings. The third-order valence-electron chi connectivity index (χ3n) is 2.94. The smallest absolute Gasteiger partial charge is 0.153 e. The van der Waals surface area contributed by atoms with Crippen molar-refractivity contribution in [3.63, 3.8) is 0 Å². The highest BCUT2D eigenvalue weighted by Gasteiger charge is 2.14. The maximum atomic E-state index is 11.5. The van der Waals surface area contributed by atoms with E-state index in [1.807, 2.05) is 18.2 Å². The van der Waals surface area contributed by atoms with E-state index >= 15 is 0 Å². The highest BCUT2D eigenvalue weighted by molar-refractivity contribution is 7.92. The van der Waals surface area contributed by atoms with E-state index in [0.29, 0.717) is 6.54 Å². The lowest BCUT2D eigenvalue weighted by molar-refractivity contribution is 0.581. The minimum Gasteiger partial charge on any atom is -0.316 e. The summed E-state index contributed by atoms with van der Waals surface area (Å²) in [4.78, 5) is 0. The lowest BCUT2D eigenvalue weighted by Gasteiger charge is -2.08. The van der Waals surface area contributed by atoms with Crippen LogP contribution in [0.1, 0.15) is 25.8 Å². The van der Waals surface area contributed by atoms with Crippen LogP contribution in [0.5, 0.6) is 0 Å². The number of hydrogen-bond donors (Lipinski definition) is 1. The third kappa shape index (κ3) is 5.65. The molecule has 0 saturated carbocycles. The Morgan fingerprint density at radius 1 is 1.11 bits per heavy atom. The van der Waals surface area contributed by atoms with Gasteiger partial charge in [0, 0.05) is 6.54 Å². The molecule has 18 heavy (non-hydrogen) atoms. The average molecular weight is 269 g/mol. The third-order valence-corrected chi connectivity index (χ3v) is 5.15. The normalized spacial score (nSPS) is 11.9. The van der Waals surface area contributed by atoms with E-state index in [-0.39, 0.29) is 11.0 Å². The Bertz CT molecular complexity index is 426. The van der Waals surface area contributed by atoms with Gasteiger partial charge >= 0.3 is 0 Å². The topological polar surface area (TPSA) is 46.2 Å². The van der Waals surface area contributed by atoms with Crippen LogP contribution >= 0.6 is 0 Å². The van der Waals surface area contributed by atoms with Crippen LogP contribution in [0.4, 0.5) is 0 Å². The summed E-state index contributed by atoms with van der Waals surface area (Å²) in [6.07, 6.45) is 2.07. The zero-order valence-corrected chi connectivity index (χ0v) is 12.0. The summed E-state index contributed by atoms with van der Waals surface area (Å²) >= 11 is 0. The summed E-state index contributed by atoms with van der Waals surface area (Å²) in [7, 11) is -2.90. The minimum absolute atomic E-state index is 0.232. The molecule has 1 rings (SSSR count). The van der Waals surface area contributed by atoms with E-state index in [0.717, 1.165) is 19.4 Å². The number of rotatable bonds is 8. The van der Waals surface area contributed by atoms with Gasteiger partial charge in [-0.25, -0.2) is 8.42 Å². The predicted octanol–water partition coefficient (Wildman–Crippen LogP) is 2.03. The molecular weight excluding hydrogens is 246 g/mol. The lowest BCUT2D eigenvalue weighted by atomic mass is 10.1. The van der Waals surface area contributed by atoms with Crippen molar-refractivity contribution in [2.45, 2.75) is 31.9 Å². The van der Waals surface area contributed by atoms with E-state index in [2.05, 4.69) is 17.4 Å². The molecule has 3 nitrogen and oxygen atoms in total. The zero-order valence-electron chi connectivity index (χ0n) is 11.2. The molecule has 0 aromatic heterocycles. The Labute approximate surface area is 111 Å². The van der Waals surface area contributed by atoms with Crippen LogP contribution in [-0.2, 0) is 16.3 Å². The second kappa shape index (κ2) is 7.54. The second-order valence-corrected chi connectivity index (χ2v) is 7.43. The molecule has 4 heteroatoms. The average Bonchev–Trinajstić information content (AvgIpc) is 2.34. The van der Waals surface area contributed by atoms with Crippen LogP contribution in [0.2, 0.25) is 0 Å². The Hall–Kier alpha value is -0.870. The molecule has 0 saturated heterocycles. The lowest BCUT2D eigenvalue weighted by Crippen LogP contribution is -2.28. The monoisotopic (exact) mass is 269 g/mol. The largest absolute Gasteiger partial charge is 0.316 e. The van der Waals surface area contributed by atoms with E-state index in [4.69, 9.17) is 0 Å². The molecule has 1 aromatic rings. The van der Waals surface area contributed by atoms with Crippen molar-refractivity contribution in [3.05, 3.63) is 35.9 Å². The first-order chi connectivity index (χ1) is 8.52. The van der Waals surface area contributed by atoms with Crippen LogP contribution in [-0.4, -0.2) is 32.5 Å². The Balaban J connectivity index is 2.10. The fourth-order valence-corrected chi connectivity index (χ4v) is 2.54. The molecule has 0 fully saturated rings. The predicted molar refractivity (Wildman–Crippen MR) is 76.6 cm³/mol. The molecular formula is C14H23NO2S. The summed E-state index contributed by atoms with van der Waals surface area (Å²) in [6.45, 7) is 4.87. The van der Waals surface area contributed by atoms with E-state index in [1.54, 1.807) is 13.8 Å². The van der Waals surface area contributed by atoms with Crippen molar-refractivity contribution in [2.75, 3.05) is 18.8 Å². The number of nitrogens with one attached hydrogen (secondary N) is 1. The van der Waals surface area contributed by atoms with Crippen molar-refractivity contribution >= 4 is 9.84 Å². The number of sulfone groups is 1. The van der Waals surface area contributed by atoms with Gasteiger partial charge in [-0.05, 0) is 38.8 Å². The van der Waals surface area contributed by atoms with Crippen molar-refractivity contribution in [1.82, 2.24) is 5.32 Å². The number of aryl methyl sites for hydroxylation is 1. The molecule has 1 aromatic carbocycles. The molecule has 1 N–H and O–H groups in total. The highest BCUT2D eigenvalue weighted by atomic mass is 32.2. The summed E-state index contributed by atoms with van der Waals surface area (Å²) in [5.74, 6) is 0.232. The van der Waals surface area contributed by atoms with Crippen LogP contribution < -0.4 is 5.32 Å². The number of hydrogen-bond acceptors (Lipinski definition) is 3. The molecule has 0 radical (unpaired) electrons. The number of benzene rings is 1. The van der Waals surface area contributed by atoms with Gasteiger partial charge < -0.3 is 5.32 Å². The maximum absolute atomic E-state index is 11.5. The molecule has 102 valence electrons. The highest BCUT2D eigenvalue weighted by Crippen LogP contribution is 2.02. The first-order valence-electron chi connectivity index (χ1n) is 6.48. The fraction of sp³-hybridized carbons (Fsp3) is 0.571. The minimum atomic E-state index is -2.90. The van der Waals surface area contributed by atoms with Gasteiger partial charge in [0.1, 0.15) is 0 Å². The standard InChI is InChI=1S/C14H23NO2S/c1-13(2)18(16,17)12-11-15-10-6-9-14-7-4-3-5-8-14/h3-5,7-8,13,15H,6,9-12H2,1-2H3. The van der Waals surface area contributed by atoms with Gasteiger partial charge in [-0.2, -0.15) is 0 Å². The van der Waals surface area contributed by atoms with Crippen molar-refractivity contribution in [3.8, 4) is 0 Å². The summed E-state index contributed by atoms with van der Waals surface area (Å²) < 4.78 is 23.1. The first kappa shape index (κ1) is 15.2. The van der Waals surface area contributed by atoms with Crippen LogP contribution in [0, 0.1) is 0 Å². The molecule has 0 bridgehead atoms. The van der Waals surface area contributed by atoms with Gasteiger partial charge in [-0.1, -0.05) is 30.3 Å². The zero-order chi connectivity index (χ0) is 13.4. The Morgan fingerprint density at radius 2 is 1.78 bits per heavy atom. The SMILES string of the molecule is CC(C)S(=O)(=O)CCNCCCc1ccccc1. The molecule has 0 unspecified atom stereocenters. The quantitative estimate of drug-likeness (QED) is 0.735. The summed E-state index contributed by atoms with van der Waals surface area (Å²) in [5.41, 5.74) is 1.33. The van der Waals surface area contributed by atoms with Crippen molar-refractivity contribution in [1.29, 1.82) is 0 Å². The first-order valence-corrected chi connectivity index (χ1v) is 8.20. The van der Waals surface area contributed by atoms with Crippen molar-refractivity contribution in [2.24, 2.45) is 0 Å². The van der Waals surface area contributed by atoms with E-state index < -0.39 is 9.84 Å². The summed E-state index contributed by atoms with van der Waals surface area (Å²) in [6, 6.07) is 10.3. The second-order valence-electron chi connectivity index (χ2n) is 4.75.